The lowest BCUT2D eigenvalue weighted by atomic mass is 10.2. The summed E-state index contributed by atoms with van der Waals surface area (Å²) < 4.78 is 10.3. The van der Waals surface area contributed by atoms with Crippen LogP contribution >= 0.6 is 11.3 Å². The first-order valence-electron chi connectivity index (χ1n) is 9.21. The molecule has 0 aliphatic heterocycles. The van der Waals surface area contributed by atoms with Crippen LogP contribution in [-0.2, 0) is 19.1 Å². The smallest absolute Gasteiger partial charge is 0.407 e. The van der Waals surface area contributed by atoms with Crippen LogP contribution in [0.1, 0.15) is 46.4 Å². The molecule has 0 aliphatic carbocycles. The fourth-order valence-electron chi connectivity index (χ4n) is 1.90. The van der Waals surface area contributed by atoms with Crippen LogP contribution in [-0.4, -0.2) is 59.4 Å². The Labute approximate surface area is 179 Å². The third-order valence-corrected chi connectivity index (χ3v) is 3.87. The van der Waals surface area contributed by atoms with Gasteiger partial charge in [-0.1, -0.05) is 11.2 Å². The number of thiophene rings is 1. The van der Waals surface area contributed by atoms with E-state index >= 15 is 0 Å². The van der Waals surface area contributed by atoms with Crippen LogP contribution in [0.2, 0.25) is 0 Å². The van der Waals surface area contributed by atoms with Gasteiger partial charge in [0.1, 0.15) is 11.2 Å². The van der Waals surface area contributed by atoms with Crippen LogP contribution in [0.3, 0.4) is 0 Å². The summed E-state index contributed by atoms with van der Waals surface area (Å²) >= 11 is 1.19. The first-order chi connectivity index (χ1) is 13.8. The van der Waals surface area contributed by atoms with E-state index in [4.69, 9.17) is 14.3 Å². The molecule has 0 aromatic carbocycles. The molecular formula is C19H29N3O7S. The van der Waals surface area contributed by atoms with Gasteiger partial charge < -0.3 is 30.1 Å². The second kappa shape index (κ2) is 10.8. The quantitative estimate of drug-likeness (QED) is 0.415. The molecule has 3 N–H and O–H groups in total. The van der Waals surface area contributed by atoms with E-state index in [9.17, 15) is 19.5 Å². The Balaban J connectivity index is 2.82. The molecule has 1 heterocycles. The Bertz CT molecular complexity index is 717. The molecule has 1 rings (SSSR count). The Morgan fingerprint density at radius 2 is 1.53 bits per heavy atom. The molecule has 0 radical (unpaired) electrons. The van der Waals surface area contributed by atoms with E-state index in [1.54, 1.807) is 59.1 Å². The number of hydrogen-bond acceptors (Lipinski definition) is 8. The van der Waals surface area contributed by atoms with Gasteiger partial charge in [-0.05, 0) is 53.0 Å². The fraction of sp³-hybridized carbons (Fsp3) is 0.579. The number of aliphatic carboxylic acids is 1. The highest BCUT2D eigenvalue weighted by Crippen LogP contribution is 2.12. The second-order valence-electron chi connectivity index (χ2n) is 8.22. The number of ether oxygens (including phenoxy) is 2. The molecule has 1 aromatic heterocycles. The predicted molar refractivity (Wildman–Crippen MR) is 112 cm³/mol. The van der Waals surface area contributed by atoms with Crippen LogP contribution < -0.4 is 10.6 Å². The molecule has 168 valence electrons. The van der Waals surface area contributed by atoms with E-state index < -0.39 is 35.5 Å². The highest BCUT2D eigenvalue weighted by molar-refractivity contribution is 7.13. The maximum absolute atomic E-state index is 11.9. The van der Waals surface area contributed by atoms with Crippen molar-refractivity contribution in [1.82, 2.24) is 10.6 Å². The SMILES string of the molecule is CC(C)(C)OC(=O)NCC(CNC(=O)OC(C)(C)C)ON=C(C(=O)O)c1cccs1. The third-order valence-electron chi connectivity index (χ3n) is 3.00. The van der Waals surface area contributed by atoms with Crippen molar-refractivity contribution in [1.29, 1.82) is 0 Å². The van der Waals surface area contributed by atoms with Gasteiger partial charge in [-0.3, -0.25) is 0 Å². The minimum absolute atomic E-state index is 0.0917. The fourth-order valence-corrected chi connectivity index (χ4v) is 2.60. The zero-order chi connectivity index (χ0) is 22.9. The molecule has 0 bridgehead atoms. The standard InChI is InChI=1S/C19H29N3O7S/c1-18(2,3)27-16(25)20-10-12(11-21-17(26)28-19(4,5)6)29-22-14(15(23)24)13-8-7-9-30-13/h7-9,12H,10-11H2,1-6H3,(H,20,25)(H,21,26)(H,23,24). The van der Waals surface area contributed by atoms with Gasteiger partial charge in [0, 0.05) is 0 Å². The van der Waals surface area contributed by atoms with Crippen molar-refractivity contribution in [2.45, 2.75) is 58.8 Å². The van der Waals surface area contributed by atoms with Gasteiger partial charge >= 0.3 is 18.2 Å². The normalized spacial score (nSPS) is 12.3. The second-order valence-corrected chi connectivity index (χ2v) is 9.16. The highest BCUT2D eigenvalue weighted by Gasteiger charge is 2.22. The predicted octanol–water partition coefficient (Wildman–Crippen LogP) is 2.97. The van der Waals surface area contributed by atoms with Crippen molar-refractivity contribution in [3.05, 3.63) is 22.4 Å². The molecule has 0 saturated carbocycles. The van der Waals surface area contributed by atoms with Crippen molar-refractivity contribution in [2.24, 2.45) is 5.16 Å². The molecule has 2 amide bonds. The summed E-state index contributed by atoms with van der Waals surface area (Å²) in [7, 11) is 0. The number of carboxylic acid groups (broad SMARTS) is 1. The summed E-state index contributed by atoms with van der Waals surface area (Å²) in [4.78, 5) is 41.0. The minimum atomic E-state index is -1.27. The topological polar surface area (TPSA) is 136 Å². The Morgan fingerprint density at radius 1 is 1.03 bits per heavy atom. The lowest BCUT2D eigenvalue weighted by Gasteiger charge is -2.23. The van der Waals surface area contributed by atoms with Crippen LogP contribution in [0, 0.1) is 0 Å². The van der Waals surface area contributed by atoms with Gasteiger partial charge in [0.25, 0.3) is 0 Å². The van der Waals surface area contributed by atoms with Crippen molar-refractivity contribution in [3.8, 4) is 0 Å². The molecule has 0 unspecified atom stereocenters. The summed E-state index contributed by atoms with van der Waals surface area (Å²) in [6, 6.07) is 3.28. The maximum Gasteiger partial charge on any atom is 0.407 e. The first kappa shape index (κ1) is 25.2. The van der Waals surface area contributed by atoms with E-state index in [0.29, 0.717) is 4.88 Å². The minimum Gasteiger partial charge on any atom is -0.476 e. The van der Waals surface area contributed by atoms with Crippen LogP contribution in [0.5, 0.6) is 0 Å². The number of oxime groups is 1. The Hall–Kier alpha value is -2.82. The molecular weight excluding hydrogens is 414 g/mol. The molecule has 0 atom stereocenters. The number of carboxylic acids is 1. The summed E-state index contributed by atoms with van der Waals surface area (Å²) in [5, 5.41) is 19.8. The van der Waals surface area contributed by atoms with E-state index in [1.165, 1.54) is 11.3 Å². The van der Waals surface area contributed by atoms with Gasteiger partial charge in [0.2, 0.25) is 5.71 Å². The molecule has 30 heavy (non-hydrogen) atoms. The number of carbonyl (C=O) groups is 3. The van der Waals surface area contributed by atoms with E-state index in [-0.39, 0.29) is 18.8 Å². The summed E-state index contributed by atoms with van der Waals surface area (Å²) in [6.07, 6.45) is -2.25. The summed E-state index contributed by atoms with van der Waals surface area (Å²) in [5.41, 5.74) is -1.67. The van der Waals surface area contributed by atoms with E-state index in [2.05, 4.69) is 15.8 Å². The number of nitrogens with one attached hydrogen (secondary N) is 2. The van der Waals surface area contributed by atoms with Gasteiger partial charge in [0.05, 0.1) is 18.0 Å². The van der Waals surface area contributed by atoms with Gasteiger partial charge in [0.15, 0.2) is 6.10 Å². The molecule has 11 heteroatoms. The zero-order valence-electron chi connectivity index (χ0n) is 18.0. The monoisotopic (exact) mass is 443 g/mol. The van der Waals surface area contributed by atoms with Crippen LogP contribution in [0.25, 0.3) is 0 Å². The largest absolute Gasteiger partial charge is 0.476 e. The van der Waals surface area contributed by atoms with Crippen molar-refractivity contribution in [2.75, 3.05) is 13.1 Å². The number of carbonyl (C=O) groups excluding carboxylic acids is 2. The number of rotatable bonds is 8. The van der Waals surface area contributed by atoms with Crippen LogP contribution in [0.15, 0.2) is 22.7 Å². The number of alkyl carbamates (subject to hydrolysis) is 2. The summed E-state index contributed by atoms with van der Waals surface area (Å²) in [6.45, 7) is 10.1. The molecule has 0 fully saturated rings. The Kier molecular flexibility index (Phi) is 9.09. The lowest BCUT2D eigenvalue weighted by Crippen LogP contribution is -2.43. The van der Waals surface area contributed by atoms with Crippen molar-refractivity contribution >= 4 is 35.2 Å². The number of hydrogen-bond donors (Lipinski definition) is 3. The molecule has 0 saturated heterocycles. The lowest BCUT2D eigenvalue weighted by molar-refractivity contribution is -0.129. The first-order valence-corrected chi connectivity index (χ1v) is 10.1. The van der Waals surface area contributed by atoms with Gasteiger partial charge in [-0.25, -0.2) is 14.4 Å². The van der Waals surface area contributed by atoms with Gasteiger partial charge in [-0.2, -0.15) is 0 Å². The highest BCUT2D eigenvalue weighted by atomic mass is 32.1. The summed E-state index contributed by atoms with van der Waals surface area (Å²) in [5.74, 6) is -1.27. The zero-order valence-corrected chi connectivity index (χ0v) is 18.8. The van der Waals surface area contributed by atoms with Crippen molar-refractivity contribution in [3.63, 3.8) is 0 Å². The average Bonchev–Trinajstić information content (AvgIpc) is 3.07. The van der Waals surface area contributed by atoms with Crippen LogP contribution in [0.4, 0.5) is 9.59 Å². The van der Waals surface area contributed by atoms with Gasteiger partial charge in [-0.15, -0.1) is 11.3 Å². The molecule has 0 spiro atoms. The number of amides is 2. The number of nitrogens with zero attached hydrogens (tertiary/aromatic N) is 1. The molecule has 0 aliphatic rings. The maximum atomic E-state index is 11.9. The van der Waals surface area contributed by atoms with E-state index in [1.807, 2.05) is 0 Å². The van der Waals surface area contributed by atoms with E-state index in [0.717, 1.165) is 0 Å². The third kappa shape index (κ3) is 10.6. The van der Waals surface area contributed by atoms with Crippen molar-refractivity contribution < 1.29 is 33.8 Å². The molecule has 10 nitrogen and oxygen atoms in total. The average molecular weight is 444 g/mol. The molecule has 1 aromatic rings. The Morgan fingerprint density at radius 3 is 1.90 bits per heavy atom.